The Balaban J connectivity index is 0.00000234. The number of nitrogens with zero attached hydrogens (tertiary/aromatic N) is 5. The Morgan fingerprint density at radius 3 is 2.47 bits per heavy atom. The Morgan fingerprint density at radius 1 is 1.02 bits per heavy atom. The Kier molecular flexibility index (Phi) is 9.29. The molecule has 5 aliphatic rings. The first-order valence-corrected chi connectivity index (χ1v) is 17.9. The number of nitrogens with one attached hydrogen (secondary N) is 3. The predicted octanol–water partition coefficient (Wildman–Crippen LogP) is 5.52. The average Bonchev–Trinajstić information content (AvgIpc) is 3.74. The lowest BCUT2D eigenvalue weighted by Gasteiger charge is -2.42. The molecule has 2 aromatic rings. The number of piperazine rings is 1. The molecule has 1 saturated heterocycles. The first-order valence-electron chi connectivity index (χ1n) is 17.9. The number of benzene rings is 1. The molecule has 1 aromatic carbocycles. The number of anilines is 4. The number of ether oxygens (including phenoxy) is 1. The largest absolute Gasteiger partial charge is 0.495 e. The molecule has 3 heterocycles. The van der Waals surface area contributed by atoms with Crippen molar-refractivity contribution in [2.24, 2.45) is 11.3 Å². The van der Waals surface area contributed by atoms with Gasteiger partial charge < -0.3 is 30.5 Å². The number of rotatable bonds is 9. The summed E-state index contributed by atoms with van der Waals surface area (Å²) in [6.45, 7) is 10.6. The van der Waals surface area contributed by atoms with E-state index >= 15 is 0 Å². The summed E-state index contributed by atoms with van der Waals surface area (Å²) in [5, 5.41) is 9.65. The van der Waals surface area contributed by atoms with Gasteiger partial charge in [-0.15, -0.1) is 0 Å². The monoisotopic (exact) mass is 648 g/mol. The molecule has 1 aromatic heterocycles. The molecule has 11 heteroatoms. The highest BCUT2D eigenvalue weighted by Gasteiger charge is 2.39. The minimum absolute atomic E-state index is 0. The molecule has 3 N–H and O–H groups in total. The van der Waals surface area contributed by atoms with E-state index in [1.807, 2.05) is 26.0 Å². The molecule has 0 spiro atoms. The highest BCUT2D eigenvalue weighted by Crippen LogP contribution is 2.39. The van der Waals surface area contributed by atoms with E-state index < -0.39 is 5.41 Å². The Hall–Kier alpha value is -3.44. The van der Waals surface area contributed by atoms with Crippen molar-refractivity contribution < 1.29 is 17.2 Å². The molecule has 3 saturated carbocycles. The van der Waals surface area contributed by atoms with Crippen LogP contribution >= 0.6 is 0 Å². The van der Waals surface area contributed by atoms with Gasteiger partial charge in [-0.2, -0.15) is 4.98 Å². The third-order valence-corrected chi connectivity index (χ3v) is 11.1. The van der Waals surface area contributed by atoms with Gasteiger partial charge in [0, 0.05) is 65.8 Å². The molecule has 2 aliphatic heterocycles. The number of carbonyl (C=O) groups excluding carboxylic acids is 2. The van der Waals surface area contributed by atoms with Crippen LogP contribution in [0.5, 0.6) is 5.75 Å². The predicted molar refractivity (Wildman–Crippen MR) is 189 cm³/mol. The molecule has 3 aliphatic carbocycles. The lowest BCUT2D eigenvalue weighted by molar-refractivity contribution is -0.123. The van der Waals surface area contributed by atoms with Crippen LogP contribution < -0.4 is 25.6 Å². The topological polar surface area (TPSA) is 115 Å². The maximum absolute atomic E-state index is 13.3. The fourth-order valence-corrected chi connectivity index (χ4v) is 8.01. The van der Waals surface area contributed by atoms with Crippen molar-refractivity contribution in [2.45, 2.75) is 96.2 Å². The zero-order valence-electron chi connectivity index (χ0n) is 28.4. The molecule has 4 fully saturated rings. The van der Waals surface area contributed by atoms with Crippen molar-refractivity contribution in [1.29, 1.82) is 0 Å². The summed E-state index contributed by atoms with van der Waals surface area (Å²) in [5.41, 5.74) is 1.33. The van der Waals surface area contributed by atoms with Crippen LogP contribution in [0.25, 0.3) is 0 Å². The lowest BCUT2D eigenvalue weighted by atomic mass is 9.89. The summed E-state index contributed by atoms with van der Waals surface area (Å²) in [6, 6.07) is 6.63. The van der Waals surface area contributed by atoms with Crippen molar-refractivity contribution in [3.63, 3.8) is 0 Å². The van der Waals surface area contributed by atoms with E-state index in [-0.39, 0.29) is 20.7 Å². The molecule has 2 amide bonds. The number of hydrogen-bond donors (Lipinski definition) is 3. The lowest BCUT2D eigenvalue weighted by Crippen LogP contribution is -2.52. The number of carbonyl (C=O) groups is 2. The minimum atomic E-state index is -0.555. The van der Waals surface area contributed by atoms with Crippen LogP contribution in [-0.2, 0) is 4.79 Å². The Labute approximate surface area is 282 Å². The molecule has 0 bridgehead atoms. The average molecular weight is 649 g/mol. The second-order valence-electron chi connectivity index (χ2n) is 15.1. The fourth-order valence-electron chi connectivity index (χ4n) is 8.01. The van der Waals surface area contributed by atoms with Gasteiger partial charge in [-0.25, -0.2) is 4.98 Å². The van der Waals surface area contributed by atoms with E-state index in [9.17, 15) is 9.59 Å². The van der Waals surface area contributed by atoms with Crippen molar-refractivity contribution >= 4 is 35.0 Å². The van der Waals surface area contributed by atoms with E-state index in [1.54, 1.807) is 19.4 Å². The quantitative estimate of drug-likeness (QED) is 0.324. The van der Waals surface area contributed by atoms with Crippen LogP contribution in [0.15, 0.2) is 24.4 Å². The van der Waals surface area contributed by atoms with E-state index in [2.05, 4.69) is 35.6 Å². The molecule has 7 rings (SSSR count). The Morgan fingerprint density at radius 2 is 1.77 bits per heavy atom. The van der Waals surface area contributed by atoms with Gasteiger partial charge in [0.1, 0.15) is 11.4 Å². The first kappa shape index (κ1) is 32.1. The maximum Gasteiger partial charge on any atom is 0.251 e. The van der Waals surface area contributed by atoms with Crippen molar-refractivity contribution in [3.8, 4) is 5.75 Å². The highest BCUT2D eigenvalue weighted by atomic mass is 16.5. The Bertz CT molecular complexity index is 1450. The SMILES string of the molecule is COc1cc(C(=O)NC2CCC(N3CCN(CC4CC4)CC3)CC2)ccc1Nc1ncc2c(n1)N(C1CCCC1)CC(C)(C)C(=O)N2.[HH].[HH]. The van der Waals surface area contributed by atoms with Gasteiger partial charge in [-0.3, -0.25) is 14.5 Å². The van der Waals surface area contributed by atoms with E-state index in [4.69, 9.17) is 9.72 Å². The first-order chi connectivity index (χ1) is 22.8. The molecule has 0 atom stereocenters. The number of hydrogen-bond acceptors (Lipinski definition) is 9. The van der Waals surface area contributed by atoms with Crippen LogP contribution in [0, 0.1) is 11.3 Å². The van der Waals surface area contributed by atoms with Crippen molar-refractivity contribution in [2.75, 3.05) is 61.9 Å². The van der Waals surface area contributed by atoms with Gasteiger partial charge in [-0.05, 0) is 89.3 Å². The number of methoxy groups -OCH3 is 1. The summed E-state index contributed by atoms with van der Waals surface area (Å²) in [5.74, 6) is 2.57. The standard InChI is InChI=1S/C36H52N8O3.2H2/c1-36(2)23-44(28-6-4-5-7-28)32-30(39-34(36)46)21-37-35(41-32)40-29-15-10-25(20-31(29)47-3)33(45)38-26-11-13-27(14-12-26)43-18-16-42(17-19-43)22-24-8-9-24;;/h10,15,20-21,24,26-28H,4-9,11-14,16-19,22-23H2,1-3H3,(H,38,45)(H,39,46)(H,37,40,41);2*1H. The number of fused-ring (bicyclic) bond motifs is 1. The maximum atomic E-state index is 13.3. The molecule has 0 radical (unpaired) electrons. The fraction of sp³-hybridized carbons (Fsp3) is 0.667. The third-order valence-electron chi connectivity index (χ3n) is 11.1. The minimum Gasteiger partial charge on any atom is -0.495 e. The van der Waals surface area contributed by atoms with Crippen LogP contribution in [0.4, 0.5) is 23.1 Å². The molecule has 11 nitrogen and oxygen atoms in total. The van der Waals surface area contributed by atoms with Crippen molar-refractivity contribution in [3.05, 3.63) is 30.0 Å². The van der Waals surface area contributed by atoms with Gasteiger partial charge in [0.05, 0.1) is 24.4 Å². The highest BCUT2D eigenvalue weighted by molar-refractivity contribution is 5.99. The second-order valence-corrected chi connectivity index (χ2v) is 15.1. The number of amides is 2. The van der Waals surface area contributed by atoms with E-state index in [0.717, 1.165) is 50.3 Å². The van der Waals surface area contributed by atoms with E-state index in [0.29, 0.717) is 47.3 Å². The summed E-state index contributed by atoms with van der Waals surface area (Å²) < 4.78 is 5.71. The molecule has 0 unspecified atom stereocenters. The summed E-state index contributed by atoms with van der Waals surface area (Å²) in [6.07, 6.45) is 13.4. The zero-order valence-corrected chi connectivity index (χ0v) is 28.4. The van der Waals surface area contributed by atoms with Gasteiger partial charge in [0.15, 0.2) is 5.82 Å². The van der Waals surface area contributed by atoms with Crippen LogP contribution in [0.1, 0.15) is 91.3 Å². The number of aromatic nitrogens is 2. The van der Waals surface area contributed by atoms with Gasteiger partial charge in [0.2, 0.25) is 11.9 Å². The molecule has 258 valence electrons. The molecular formula is C36H56N8O3. The van der Waals surface area contributed by atoms with Crippen LogP contribution in [-0.4, -0.2) is 96.1 Å². The summed E-state index contributed by atoms with van der Waals surface area (Å²) >= 11 is 0. The van der Waals surface area contributed by atoms with Gasteiger partial charge in [-0.1, -0.05) is 12.8 Å². The van der Waals surface area contributed by atoms with Crippen LogP contribution in [0.2, 0.25) is 0 Å². The molecule has 47 heavy (non-hydrogen) atoms. The van der Waals surface area contributed by atoms with Gasteiger partial charge in [0.25, 0.3) is 5.91 Å². The second kappa shape index (κ2) is 13.6. The smallest absolute Gasteiger partial charge is 0.251 e. The van der Waals surface area contributed by atoms with Crippen molar-refractivity contribution in [1.82, 2.24) is 25.1 Å². The van der Waals surface area contributed by atoms with Gasteiger partial charge >= 0.3 is 0 Å². The third kappa shape index (κ3) is 7.36. The summed E-state index contributed by atoms with van der Waals surface area (Å²) in [4.78, 5) is 43.4. The summed E-state index contributed by atoms with van der Waals surface area (Å²) in [7, 11) is 1.60. The van der Waals surface area contributed by atoms with E-state index in [1.165, 1.54) is 58.4 Å². The molecular weight excluding hydrogens is 592 g/mol. The van der Waals surface area contributed by atoms with Crippen LogP contribution in [0.3, 0.4) is 0 Å². The zero-order chi connectivity index (χ0) is 32.5. The normalized spacial score (nSPS) is 25.5.